The Morgan fingerprint density at radius 2 is 1.93 bits per heavy atom. The third kappa shape index (κ3) is 3.79. The van der Waals surface area contributed by atoms with Gasteiger partial charge >= 0.3 is 6.15 Å². The number of aromatic amines is 1. The van der Waals surface area contributed by atoms with Crippen molar-refractivity contribution < 1.29 is 14.0 Å². The Hall–Kier alpha value is -2.69. The zero-order valence-corrected chi connectivity index (χ0v) is 17.3. The standard InChI is InChI=1S/C20H17FIN3.CO2/c1-12-16-7-5-13(11-23)9-19(16)24-20(12)25(14-3-2-4-14)15-6-8-18(22)17(21)10-15;2-1-3/h5-10,14,24H,2-4H2,1H3;. The monoisotopic (exact) mass is 489 g/mol. The molecule has 0 saturated heterocycles. The SMILES string of the molecule is Cc1c(N(c2ccc(I)c(F)c2)C2CCC2)[nH]c2cc(C#N)ccc12.O=C=O. The Kier molecular flexibility index (Phi) is 6.12. The molecule has 28 heavy (non-hydrogen) atoms. The van der Waals surface area contributed by atoms with Crippen molar-refractivity contribution in [3.05, 3.63) is 56.9 Å². The van der Waals surface area contributed by atoms with Crippen LogP contribution in [-0.2, 0) is 9.59 Å². The molecule has 0 atom stereocenters. The van der Waals surface area contributed by atoms with Crippen molar-refractivity contribution in [3.8, 4) is 6.07 Å². The van der Waals surface area contributed by atoms with Gasteiger partial charge in [-0.15, -0.1) is 0 Å². The number of rotatable bonds is 3. The van der Waals surface area contributed by atoms with E-state index in [4.69, 9.17) is 14.9 Å². The molecule has 0 bridgehead atoms. The molecular formula is C21H17FIN3O2. The fraction of sp³-hybridized carbons (Fsp3) is 0.238. The molecule has 2 aromatic carbocycles. The molecule has 0 unspecified atom stereocenters. The lowest BCUT2D eigenvalue weighted by molar-refractivity contribution is -0.191. The number of hydrogen-bond acceptors (Lipinski definition) is 4. The summed E-state index contributed by atoms with van der Waals surface area (Å²) in [5.41, 5.74) is 3.58. The minimum atomic E-state index is -0.192. The average molecular weight is 489 g/mol. The van der Waals surface area contributed by atoms with Gasteiger partial charge in [0.1, 0.15) is 11.6 Å². The summed E-state index contributed by atoms with van der Waals surface area (Å²) in [6.45, 7) is 2.08. The topological polar surface area (TPSA) is 77.0 Å². The van der Waals surface area contributed by atoms with E-state index < -0.39 is 0 Å². The average Bonchev–Trinajstić information content (AvgIpc) is 2.97. The summed E-state index contributed by atoms with van der Waals surface area (Å²) in [6.07, 6.45) is 3.66. The summed E-state index contributed by atoms with van der Waals surface area (Å²) < 4.78 is 14.8. The number of aryl methyl sites for hydroxylation is 1. The second-order valence-electron chi connectivity index (χ2n) is 6.61. The van der Waals surface area contributed by atoms with Crippen LogP contribution in [0, 0.1) is 27.6 Å². The van der Waals surface area contributed by atoms with Crippen molar-refractivity contribution in [1.82, 2.24) is 4.98 Å². The van der Waals surface area contributed by atoms with Gasteiger partial charge in [0.25, 0.3) is 0 Å². The lowest BCUT2D eigenvalue weighted by Crippen LogP contribution is -2.37. The number of nitriles is 1. The van der Waals surface area contributed by atoms with E-state index in [0.29, 0.717) is 15.2 Å². The molecule has 1 N–H and O–H groups in total. The number of carbonyl (C=O) groups excluding carboxylic acids is 2. The van der Waals surface area contributed by atoms with E-state index >= 15 is 0 Å². The third-order valence-corrected chi connectivity index (χ3v) is 5.90. The van der Waals surface area contributed by atoms with Crippen molar-refractivity contribution in [2.75, 3.05) is 4.90 Å². The van der Waals surface area contributed by atoms with Gasteiger partial charge in [0.05, 0.1) is 11.6 Å². The van der Waals surface area contributed by atoms with Gasteiger partial charge in [0.2, 0.25) is 0 Å². The second-order valence-corrected chi connectivity index (χ2v) is 7.77. The van der Waals surface area contributed by atoms with E-state index in [2.05, 4.69) is 22.9 Å². The first-order valence-corrected chi connectivity index (χ1v) is 9.84. The summed E-state index contributed by atoms with van der Waals surface area (Å²) in [5, 5.41) is 10.2. The van der Waals surface area contributed by atoms with Crippen LogP contribution < -0.4 is 4.90 Å². The molecule has 0 aliphatic heterocycles. The zero-order chi connectivity index (χ0) is 20.3. The van der Waals surface area contributed by atoms with E-state index in [1.54, 1.807) is 6.07 Å². The summed E-state index contributed by atoms with van der Waals surface area (Å²) in [5.74, 6) is 0.804. The van der Waals surface area contributed by atoms with Crippen LogP contribution in [0.25, 0.3) is 10.9 Å². The molecule has 1 fully saturated rings. The van der Waals surface area contributed by atoms with Crippen molar-refractivity contribution >= 4 is 51.2 Å². The largest absolute Gasteiger partial charge is 0.373 e. The van der Waals surface area contributed by atoms with Crippen LogP contribution in [-0.4, -0.2) is 17.2 Å². The van der Waals surface area contributed by atoms with Crippen LogP contribution in [0.4, 0.5) is 15.9 Å². The minimum Gasteiger partial charge on any atom is -0.341 e. The number of aromatic nitrogens is 1. The number of nitrogens with zero attached hydrogens (tertiary/aromatic N) is 2. The second kappa shape index (κ2) is 8.55. The molecule has 4 rings (SSSR count). The third-order valence-electron chi connectivity index (χ3n) is 5.02. The van der Waals surface area contributed by atoms with E-state index in [1.807, 2.05) is 52.9 Å². The number of hydrogen-bond donors (Lipinski definition) is 1. The summed E-state index contributed by atoms with van der Waals surface area (Å²) >= 11 is 2.01. The van der Waals surface area contributed by atoms with Crippen LogP contribution >= 0.6 is 22.6 Å². The Balaban J connectivity index is 0.000000706. The van der Waals surface area contributed by atoms with Gasteiger partial charge in [-0.1, -0.05) is 6.07 Å². The molecule has 1 heterocycles. The van der Waals surface area contributed by atoms with E-state index in [1.165, 1.54) is 6.42 Å². The van der Waals surface area contributed by atoms with Gasteiger partial charge < -0.3 is 9.88 Å². The lowest BCUT2D eigenvalue weighted by Gasteiger charge is -2.39. The van der Waals surface area contributed by atoms with Crippen LogP contribution in [0.2, 0.25) is 0 Å². The summed E-state index contributed by atoms with van der Waals surface area (Å²) in [6, 6.07) is 13.7. The molecule has 1 saturated carbocycles. The summed E-state index contributed by atoms with van der Waals surface area (Å²) in [7, 11) is 0. The number of halogens is 2. The first kappa shape index (κ1) is 20.1. The molecule has 1 aliphatic carbocycles. The van der Waals surface area contributed by atoms with Crippen LogP contribution in [0.3, 0.4) is 0 Å². The highest BCUT2D eigenvalue weighted by Crippen LogP contribution is 2.40. The minimum absolute atomic E-state index is 0.192. The molecule has 0 amide bonds. The van der Waals surface area contributed by atoms with Crippen molar-refractivity contribution in [2.24, 2.45) is 0 Å². The fourth-order valence-electron chi connectivity index (χ4n) is 3.44. The highest BCUT2D eigenvalue weighted by Gasteiger charge is 2.29. The first-order chi connectivity index (χ1) is 13.5. The van der Waals surface area contributed by atoms with Gasteiger partial charge in [0.15, 0.2) is 0 Å². The fourth-order valence-corrected chi connectivity index (χ4v) is 3.77. The number of fused-ring (bicyclic) bond motifs is 1. The predicted octanol–water partition coefficient (Wildman–Crippen LogP) is 5.20. The maximum Gasteiger partial charge on any atom is 0.373 e. The molecule has 1 aromatic heterocycles. The number of nitrogens with one attached hydrogen (secondary N) is 1. The number of benzene rings is 2. The molecule has 5 nitrogen and oxygen atoms in total. The Morgan fingerprint density at radius 3 is 2.50 bits per heavy atom. The van der Waals surface area contributed by atoms with Crippen molar-refractivity contribution in [2.45, 2.75) is 32.2 Å². The smallest absolute Gasteiger partial charge is 0.341 e. The molecule has 7 heteroatoms. The van der Waals surface area contributed by atoms with Gasteiger partial charge in [0, 0.05) is 26.2 Å². The van der Waals surface area contributed by atoms with Gasteiger partial charge in [-0.05, 0) is 84.7 Å². The van der Waals surface area contributed by atoms with Crippen molar-refractivity contribution in [1.29, 1.82) is 5.26 Å². The predicted molar refractivity (Wildman–Crippen MR) is 112 cm³/mol. The quantitative estimate of drug-likeness (QED) is 0.514. The lowest BCUT2D eigenvalue weighted by atomic mass is 9.90. The van der Waals surface area contributed by atoms with E-state index in [9.17, 15) is 4.39 Å². The highest BCUT2D eigenvalue weighted by atomic mass is 127. The molecule has 0 radical (unpaired) electrons. The Bertz CT molecular complexity index is 1090. The maximum absolute atomic E-state index is 14.2. The normalized spacial score (nSPS) is 13.1. The van der Waals surface area contributed by atoms with Gasteiger partial charge in [-0.2, -0.15) is 14.9 Å². The maximum atomic E-state index is 14.2. The molecule has 3 aromatic rings. The highest BCUT2D eigenvalue weighted by molar-refractivity contribution is 14.1. The molecular weight excluding hydrogens is 472 g/mol. The first-order valence-electron chi connectivity index (χ1n) is 8.76. The van der Waals surface area contributed by atoms with Crippen LogP contribution in [0.1, 0.15) is 30.4 Å². The van der Waals surface area contributed by atoms with Gasteiger partial charge in [-0.3, -0.25) is 0 Å². The number of H-pyrrole nitrogens is 1. The number of anilines is 2. The van der Waals surface area contributed by atoms with Crippen LogP contribution in [0.15, 0.2) is 36.4 Å². The van der Waals surface area contributed by atoms with E-state index in [0.717, 1.165) is 40.8 Å². The molecule has 1 aliphatic rings. The Labute approximate surface area is 175 Å². The Morgan fingerprint density at radius 1 is 1.21 bits per heavy atom. The zero-order valence-electron chi connectivity index (χ0n) is 15.1. The molecule has 0 spiro atoms. The van der Waals surface area contributed by atoms with E-state index in [-0.39, 0.29) is 12.0 Å². The molecule has 142 valence electrons. The van der Waals surface area contributed by atoms with Gasteiger partial charge in [-0.25, -0.2) is 4.39 Å². The van der Waals surface area contributed by atoms with Crippen molar-refractivity contribution in [3.63, 3.8) is 0 Å². The van der Waals surface area contributed by atoms with Crippen LogP contribution in [0.5, 0.6) is 0 Å². The summed E-state index contributed by atoms with van der Waals surface area (Å²) in [4.78, 5) is 21.9.